The van der Waals surface area contributed by atoms with Crippen LogP contribution in [0.1, 0.15) is 45.8 Å². The Balaban J connectivity index is 1.63. The van der Waals surface area contributed by atoms with E-state index < -0.39 is 0 Å². The maximum atomic E-state index is 13.3. The second-order valence-corrected chi connectivity index (χ2v) is 7.85. The molecule has 31 heavy (non-hydrogen) atoms. The summed E-state index contributed by atoms with van der Waals surface area (Å²) in [6.07, 6.45) is 1.56. The predicted octanol–water partition coefficient (Wildman–Crippen LogP) is 3.21. The SMILES string of the molecule is Cc1n[nH]c(C)c1C(C)N(C)C(=O)c1cnc2c(c1)N(Cc1ccccc1)C(=O)CN2. The molecule has 2 aromatic heterocycles. The van der Waals surface area contributed by atoms with Gasteiger partial charge < -0.3 is 15.1 Å². The molecule has 0 aliphatic carbocycles. The van der Waals surface area contributed by atoms with Crippen LogP contribution in [0.25, 0.3) is 0 Å². The van der Waals surface area contributed by atoms with Gasteiger partial charge in [-0.2, -0.15) is 5.10 Å². The largest absolute Gasteiger partial charge is 0.359 e. The van der Waals surface area contributed by atoms with Crippen molar-refractivity contribution in [3.05, 3.63) is 70.7 Å². The van der Waals surface area contributed by atoms with Gasteiger partial charge in [-0.3, -0.25) is 14.7 Å². The van der Waals surface area contributed by atoms with Gasteiger partial charge in [0.15, 0.2) is 5.82 Å². The third-order valence-electron chi connectivity index (χ3n) is 5.80. The van der Waals surface area contributed by atoms with Crippen molar-refractivity contribution in [3.8, 4) is 0 Å². The molecule has 8 heteroatoms. The number of carbonyl (C=O) groups is 2. The third kappa shape index (κ3) is 3.88. The summed E-state index contributed by atoms with van der Waals surface area (Å²) in [5, 5.41) is 10.3. The molecule has 1 aliphatic heterocycles. The van der Waals surface area contributed by atoms with Gasteiger partial charge in [0.1, 0.15) is 0 Å². The van der Waals surface area contributed by atoms with Crippen molar-refractivity contribution < 1.29 is 9.59 Å². The summed E-state index contributed by atoms with van der Waals surface area (Å²) in [7, 11) is 1.77. The number of aryl methyl sites for hydroxylation is 2. The van der Waals surface area contributed by atoms with Gasteiger partial charge in [0, 0.05) is 24.5 Å². The average molecular weight is 419 g/mol. The summed E-state index contributed by atoms with van der Waals surface area (Å²) in [6.45, 7) is 6.45. The molecular formula is C23H26N6O2. The highest BCUT2D eigenvalue weighted by Crippen LogP contribution is 2.31. The van der Waals surface area contributed by atoms with Gasteiger partial charge in [0.2, 0.25) is 5.91 Å². The molecule has 1 atom stereocenters. The first kappa shape index (κ1) is 20.6. The van der Waals surface area contributed by atoms with Crippen molar-refractivity contribution >= 4 is 23.3 Å². The van der Waals surface area contributed by atoms with E-state index >= 15 is 0 Å². The Bertz CT molecular complexity index is 1100. The van der Waals surface area contributed by atoms with E-state index in [0.717, 1.165) is 22.5 Å². The van der Waals surface area contributed by atoms with E-state index in [4.69, 9.17) is 0 Å². The van der Waals surface area contributed by atoms with Crippen LogP contribution in [0.15, 0.2) is 42.6 Å². The van der Waals surface area contributed by atoms with E-state index in [1.165, 1.54) is 0 Å². The number of aromatic amines is 1. The van der Waals surface area contributed by atoms with Crippen LogP contribution in [-0.2, 0) is 11.3 Å². The fourth-order valence-corrected chi connectivity index (χ4v) is 3.99. The van der Waals surface area contributed by atoms with Crippen LogP contribution in [0.4, 0.5) is 11.5 Å². The zero-order chi connectivity index (χ0) is 22.1. The van der Waals surface area contributed by atoms with E-state index in [-0.39, 0.29) is 24.4 Å². The maximum Gasteiger partial charge on any atom is 0.255 e. The van der Waals surface area contributed by atoms with E-state index in [2.05, 4.69) is 20.5 Å². The number of hydrogen-bond acceptors (Lipinski definition) is 5. The molecule has 8 nitrogen and oxygen atoms in total. The Morgan fingerprint density at radius 3 is 2.68 bits per heavy atom. The number of aromatic nitrogens is 3. The number of nitrogens with one attached hydrogen (secondary N) is 2. The number of fused-ring (bicyclic) bond motifs is 1. The number of hydrogen-bond donors (Lipinski definition) is 2. The van der Waals surface area contributed by atoms with Crippen molar-refractivity contribution in [2.24, 2.45) is 0 Å². The molecule has 3 aromatic rings. The van der Waals surface area contributed by atoms with E-state index in [1.54, 1.807) is 29.1 Å². The fourth-order valence-electron chi connectivity index (χ4n) is 3.99. The summed E-state index contributed by atoms with van der Waals surface area (Å²) >= 11 is 0. The lowest BCUT2D eigenvalue weighted by atomic mass is 10.0. The number of rotatable bonds is 5. The molecule has 0 saturated carbocycles. The summed E-state index contributed by atoms with van der Waals surface area (Å²) in [4.78, 5) is 33.7. The lowest BCUT2D eigenvalue weighted by molar-refractivity contribution is -0.117. The molecule has 2 N–H and O–H groups in total. The van der Waals surface area contributed by atoms with Crippen molar-refractivity contribution in [1.82, 2.24) is 20.1 Å². The molecule has 1 aromatic carbocycles. The van der Waals surface area contributed by atoms with Crippen LogP contribution in [0.3, 0.4) is 0 Å². The van der Waals surface area contributed by atoms with E-state index in [0.29, 0.717) is 23.6 Å². The zero-order valence-corrected chi connectivity index (χ0v) is 18.1. The van der Waals surface area contributed by atoms with Crippen molar-refractivity contribution in [3.63, 3.8) is 0 Å². The Morgan fingerprint density at radius 2 is 2.00 bits per heavy atom. The molecule has 0 radical (unpaired) electrons. The first-order valence-corrected chi connectivity index (χ1v) is 10.2. The quantitative estimate of drug-likeness (QED) is 0.664. The predicted molar refractivity (Wildman–Crippen MR) is 119 cm³/mol. The molecule has 160 valence electrons. The van der Waals surface area contributed by atoms with Crippen molar-refractivity contribution in [2.45, 2.75) is 33.4 Å². The van der Waals surface area contributed by atoms with Crippen LogP contribution >= 0.6 is 0 Å². The number of pyridine rings is 1. The zero-order valence-electron chi connectivity index (χ0n) is 18.1. The Morgan fingerprint density at radius 1 is 1.26 bits per heavy atom. The molecule has 0 saturated heterocycles. The average Bonchev–Trinajstić information content (AvgIpc) is 3.12. The molecule has 2 amide bonds. The molecular weight excluding hydrogens is 392 g/mol. The van der Waals surface area contributed by atoms with Crippen LogP contribution in [0, 0.1) is 13.8 Å². The second-order valence-electron chi connectivity index (χ2n) is 7.85. The molecule has 3 heterocycles. The van der Waals surface area contributed by atoms with Crippen molar-refractivity contribution in [2.75, 3.05) is 23.8 Å². The second kappa shape index (κ2) is 8.22. The van der Waals surface area contributed by atoms with Gasteiger partial charge in [-0.25, -0.2) is 4.98 Å². The fraction of sp³-hybridized carbons (Fsp3) is 0.304. The number of amides is 2. The third-order valence-corrected chi connectivity index (χ3v) is 5.80. The highest BCUT2D eigenvalue weighted by molar-refractivity contribution is 6.04. The van der Waals surface area contributed by atoms with Crippen LogP contribution < -0.4 is 10.2 Å². The van der Waals surface area contributed by atoms with Gasteiger partial charge in [-0.15, -0.1) is 0 Å². The van der Waals surface area contributed by atoms with Gasteiger partial charge in [-0.1, -0.05) is 30.3 Å². The highest BCUT2D eigenvalue weighted by atomic mass is 16.2. The summed E-state index contributed by atoms with van der Waals surface area (Å²) < 4.78 is 0. The van der Waals surface area contributed by atoms with Gasteiger partial charge >= 0.3 is 0 Å². The maximum absolute atomic E-state index is 13.3. The van der Waals surface area contributed by atoms with Gasteiger partial charge in [-0.05, 0) is 32.4 Å². The minimum absolute atomic E-state index is 0.0610. The minimum atomic E-state index is -0.166. The lowest BCUT2D eigenvalue weighted by Crippen LogP contribution is -2.40. The topological polar surface area (TPSA) is 94.2 Å². The smallest absolute Gasteiger partial charge is 0.255 e. The molecule has 0 bridgehead atoms. The minimum Gasteiger partial charge on any atom is -0.359 e. The molecule has 1 unspecified atom stereocenters. The number of H-pyrrole nitrogens is 1. The summed E-state index contributed by atoms with van der Waals surface area (Å²) in [5.41, 5.74) is 4.87. The number of nitrogens with zero attached hydrogens (tertiary/aromatic N) is 4. The molecule has 0 fully saturated rings. The Labute approximate surface area is 181 Å². The summed E-state index contributed by atoms with van der Waals surface area (Å²) in [6, 6.07) is 11.4. The van der Waals surface area contributed by atoms with Crippen LogP contribution in [0.5, 0.6) is 0 Å². The van der Waals surface area contributed by atoms with Crippen molar-refractivity contribution in [1.29, 1.82) is 0 Å². The first-order chi connectivity index (χ1) is 14.9. The molecule has 4 rings (SSSR count). The lowest BCUT2D eigenvalue weighted by Gasteiger charge is -2.30. The summed E-state index contributed by atoms with van der Waals surface area (Å²) in [5.74, 6) is 0.374. The number of anilines is 2. The van der Waals surface area contributed by atoms with E-state index in [9.17, 15) is 9.59 Å². The normalized spacial score (nSPS) is 14.1. The monoisotopic (exact) mass is 418 g/mol. The standard InChI is InChI=1S/C23H26N6O2/c1-14-21(15(2)27-26-14)16(3)28(4)23(31)18-10-19-22(24-11-18)25-12-20(30)29(19)13-17-8-6-5-7-9-17/h5-11,16H,12-13H2,1-4H3,(H,24,25)(H,26,27). The van der Waals surface area contributed by atoms with Gasteiger partial charge in [0.25, 0.3) is 5.91 Å². The molecule has 1 aliphatic rings. The van der Waals surface area contributed by atoms with Crippen LogP contribution in [0.2, 0.25) is 0 Å². The van der Waals surface area contributed by atoms with E-state index in [1.807, 2.05) is 51.1 Å². The highest BCUT2D eigenvalue weighted by Gasteiger charge is 2.28. The Hall–Kier alpha value is -3.68. The van der Waals surface area contributed by atoms with Gasteiger partial charge in [0.05, 0.1) is 36.1 Å². The number of carbonyl (C=O) groups excluding carboxylic acids is 2. The molecule has 0 spiro atoms. The Kier molecular flexibility index (Phi) is 5.46. The number of benzene rings is 1. The van der Waals surface area contributed by atoms with Crippen LogP contribution in [-0.4, -0.2) is 45.5 Å². The first-order valence-electron chi connectivity index (χ1n) is 10.2.